The van der Waals surface area contributed by atoms with Gasteiger partial charge in [0.05, 0.1) is 13.3 Å². The summed E-state index contributed by atoms with van der Waals surface area (Å²) in [6.07, 6.45) is 6.27. The number of hydrogen-bond acceptors (Lipinski definition) is 8. The Bertz CT molecular complexity index is 1160. The Morgan fingerprint density at radius 2 is 1.82 bits per heavy atom. The molecule has 0 saturated carbocycles. The summed E-state index contributed by atoms with van der Waals surface area (Å²) < 4.78 is 5.46. The fourth-order valence-electron chi connectivity index (χ4n) is 4.40. The van der Waals surface area contributed by atoms with Crippen LogP contribution in [0.1, 0.15) is 25.8 Å². The number of rotatable bonds is 7. The minimum atomic E-state index is 0.121. The molecular formula is C24H28N8O. The number of aromatic nitrogens is 4. The van der Waals surface area contributed by atoms with Crippen LogP contribution in [0.15, 0.2) is 72.5 Å². The highest BCUT2D eigenvalue weighted by Gasteiger charge is 2.36. The molecule has 0 saturated heterocycles. The number of ether oxygens (including phenoxy) is 1. The number of nitrogens with zero attached hydrogens (tertiary/aromatic N) is 6. The van der Waals surface area contributed by atoms with Crippen LogP contribution in [-0.2, 0) is 11.2 Å². The summed E-state index contributed by atoms with van der Waals surface area (Å²) in [6, 6.07) is 16.9. The number of H-pyrrole nitrogens is 1. The van der Waals surface area contributed by atoms with Crippen LogP contribution >= 0.6 is 0 Å². The van der Waals surface area contributed by atoms with E-state index < -0.39 is 0 Å². The van der Waals surface area contributed by atoms with Crippen LogP contribution in [0.25, 0.3) is 22.5 Å². The fourth-order valence-corrected chi connectivity index (χ4v) is 4.40. The molecule has 2 aromatic carbocycles. The Balaban J connectivity index is 1.40. The molecule has 0 spiro atoms. The second kappa shape index (κ2) is 8.95. The van der Waals surface area contributed by atoms with Crippen LogP contribution in [0.5, 0.6) is 0 Å². The van der Waals surface area contributed by atoms with Crippen LogP contribution < -0.4 is 5.43 Å². The van der Waals surface area contributed by atoms with Gasteiger partial charge in [-0.15, -0.1) is 10.2 Å². The van der Waals surface area contributed by atoms with Gasteiger partial charge >= 0.3 is 0 Å². The average molecular weight is 445 g/mol. The van der Waals surface area contributed by atoms with E-state index in [0.29, 0.717) is 5.82 Å². The summed E-state index contributed by atoms with van der Waals surface area (Å²) in [5, 5.41) is 18.6. The molecule has 3 aromatic rings. The van der Waals surface area contributed by atoms with E-state index in [-0.39, 0.29) is 6.17 Å². The average Bonchev–Trinajstić information content (AvgIpc) is 3.53. The lowest BCUT2D eigenvalue weighted by atomic mass is 9.97. The molecule has 2 aliphatic heterocycles. The first-order valence-corrected chi connectivity index (χ1v) is 11.2. The van der Waals surface area contributed by atoms with Crippen molar-refractivity contribution in [3.05, 3.63) is 78.1 Å². The molecule has 1 unspecified atom stereocenters. The van der Waals surface area contributed by atoms with Crippen molar-refractivity contribution in [2.75, 3.05) is 13.7 Å². The molecule has 0 bridgehead atoms. The Kier molecular flexibility index (Phi) is 5.70. The number of benzene rings is 2. The number of hydrogen-bond donors (Lipinski definition) is 2. The quantitative estimate of drug-likeness (QED) is 0.573. The summed E-state index contributed by atoms with van der Waals surface area (Å²) in [5.41, 5.74) is 8.98. The van der Waals surface area contributed by atoms with Gasteiger partial charge in [-0.25, -0.2) is 5.10 Å². The van der Waals surface area contributed by atoms with Crippen molar-refractivity contribution in [2.24, 2.45) is 0 Å². The maximum absolute atomic E-state index is 5.46. The molecule has 2 N–H and O–H groups in total. The largest absolute Gasteiger partial charge is 0.481 e. The maximum atomic E-state index is 5.46. The number of hydrazine groups is 2. The van der Waals surface area contributed by atoms with Crippen LogP contribution in [-0.4, -0.2) is 55.5 Å². The molecule has 0 amide bonds. The van der Waals surface area contributed by atoms with Crippen molar-refractivity contribution < 1.29 is 4.74 Å². The van der Waals surface area contributed by atoms with Gasteiger partial charge in [0.25, 0.3) is 0 Å². The normalized spacial score (nSPS) is 18.0. The summed E-state index contributed by atoms with van der Waals surface area (Å²) in [4.78, 5) is 2.39. The molecule has 3 heterocycles. The van der Waals surface area contributed by atoms with Crippen molar-refractivity contribution in [2.45, 2.75) is 32.9 Å². The number of methoxy groups -OCH3 is 1. The van der Waals surface area contributed by atoms with E-state index in [1.165, 1.54) is 5.56 Å². The van der Waals surface area contributed by atoms with Gasteiger partial charge in [-0.2, -0.15) is 0 Å². The highest BCUT2D eigenvalue weighted by Crippen LogP contribution is 2.31. The van der Waals surface area contributed by atoms with Crippen molar-refractivity contribution in [1.82, 2.24) is 41.1 Å². The summed E-state index contributed by atoms with van der Waals surface area (Å²) >= 11 is 0. The Morgan fingerprint density at radius 1 is 1.03 bits per heavy atom. The summed E-state index contributed by atoms with van der Waals surface area (Å²) in [5.74, 6) is 1.40. The third-order valence-electron chi connectivity index (χ3n) is 5.99. The molecule has 1 aromatic heterocycles. The van der Waals surface area contributed by atoms with E-state index in [0.717, 1.165) is 47.7 Å². The topological polar surface area (TPSA) is 85.4 Å². The van der Waals surface area contributed by atoms with E-state index in [1.807, 2.05) is 24.4 Å². The first-order chi connectivity index (χ1) is 16.2. The second-order valence-corrected chi connectivity index (χ2v) is 8.18. The molecular weight excluding hydrogens is 416 g/mol. The van der Waals surface area contributed by atoms with Crippen molar-refractivity contribution in [3.63, 3.8) is 0 Å². The number of fused-ring (bicyclic) bond motifs is 1. The zero-order valence-electron chi connectivity index (χ0n) is 19.1. The molecule has 0 aliphatic carbocycles. The standard InChI is InChI=1S/C24H28N8O/c1-4-13-30-15-17(2)31-16-22(33-3)27-32(31)23(30)14-18-9-11-19(12-10-18)20-7-5-6-8-21(20)24-25-28-29-26-24/h5-12,15-16,23,27H,4,13-14H2,1-3H3,(H,25,26,28,29). The monoisotopic (exact) mass is 444 g/mol. The van der Waals surface area contributed by atoms with Gasteiger partial charge in [-0.1, -0.05) is 55.5 Å². The molecule has 170 valence electrons. The van der Waals surface area contributed by atoms with Gasteiger partial charge in [0.1, 0.15) is 6.17 Å². The third kappa shape index (κ3) is 4.03. The molecule has 2 aliphatic rings. The van der Waals surface area contributed by atoms with Gasteiger partial charge < -0.3 is 9.64 Å². The van der Waals surface area contributed by atoms with Crippen LogP contribution in [0.4, 0.5) is 0 Å². The Morgan fingerprint density at radius 3 is 2.52 bits per heavy atom. The minimum absolute atomic E-state index is 0.121. The molecule has 33 heavy (non-hydrogen) atoms. The van der Waals surface area contributed by atoms with Crippen molar-refractivity contribution in [3.8, 4) is 22.5 Å². The SMILES string of the molecule is CCCN1C=C(C)N2C=C(OC)NN2C1Cc1ccc(-c2ccccc2-c2nnn[nH]2)cc1. The highest BCUT2D eigenvalue weighted by molar-refractivity contribution is 5.80. The van der Waals surface area contributed by atoms with Gasteiger partial charge in [0.15, 0.2) is 5.82 Å². The number of aromatic amines is 1. The summed E-state index contributed by atoms with van der Waals surface area (Å²) in [7, 11) is 1.68. The predicted octanol–water partition coefficient (Wildman–Crippen LogP) is 3.47. The third-order valence-corrected chi connectivity index (χ3v) is 5.99. The maximum Gasteiger partial charge on any atom is 0.221 e. The first-order valence-electron chi connectivity index (χ1n) is 11.2. The molecule has 5 rings (SSSR count). The van der Waals surface area contributed by atoms with Gasteiger partial charge in [-0.05, 0) is 40.5 Å². The molecule has 1 atom stereocenters. The lowest BCUT2D eigenvalue weighted by Crippen LogP contribution is -2.59. The van der Waals surface area contributed by atoms with E-state index >= 15 is 0 Å². The lowest BCUT2D eigenvalue weighted by Gasteiger charge is -2.45. The predicted molar refractivity (Wildman–Crippen MR) is 125 cm³/mol. The molecule has 0 radical (unpaired) electrons. The number of tetrazole rings is 1. The lowest BCUT2D eigenvalue weighted by molar-refractivity contribution is -0.0917. The Hall–Kier alpha value is -3.85. The van der Waals surface area contributed by atoms with Crippen LogP contribution in [0.3, 0.4) is 0 Å². The van der Waals surface area contributed by atoms with Crippen molar-refractivity contribution in [1.29, 1.82) is 0 Å². The van der Waals surface area contributed by atoms with Gasteiger partial charge in [0, 0.05) is 30.4 Å². The number of nitrogens with one attached hydrogen (secondary N) is 2. The van der Waals surface area contributed by atoms with E-state index in [9.17, 15) is 0 Å². The van der Waals surface area contributed by atoms with E-state index in [2.05, 4.69) is 91.5 Å². The minimum Gasteiger partial charge on any atom is -0.481 e. The first kappa shape index (κ1) is 21.0. The van der Waals surface area contributed by atoms with Crippen LogP contribution in [0, 0.1) is 0 Å². The van der Waals surface area contributed by atoms with Crippen LogP contribution in [0.2, 0.25) is 0 Å². The van der Waals surface area contributed by atoms with Gasteiger partial charge in [-0.3, -0.25) is 10.4 Å². The number of allylic oxidation sites excluding steroid dienone is 1. The fraction of sp³-hybridized carbons (Fsp3) is 0.292. The highest BCUT2D eigenvalue weighted by atomic mass is 16.5. The Labute approximate surface area is 193 Å². The molecule has 0 fully saturated rings. The molecule has 9 heteroatoms. The summed E-state index contributed by atoms with van der Waals surface area (Å²) in [6.45, 7) is 5.30. The zero-order chi connectivity index (χ0) is 22.8. The van der Waals surface area contributed by atoms with E-state index in [1.54, 1.807) is 7.11 Å². The van der Waals surface area contributed by atoms with Crippen molar-refractivity contribution >= 4 is 0 Å². The smallest absolute Gasteiger partial charge is 0.221 e. The second-order valence-electron chi connectivity index (χ2n) is 8.18. The zero-order valence-corrected chi connectivity index (χ0v) is 19.1. The molecule has 9 nitrogen and oxygen atoms in total. The van der Waals surface area contributed by atoms with Gasteiger partial charge in [0.2, 0.25) is 5.88 Å². The van der Waals surface area contributed by atoms with E-state index in [4.69, 9.17) is 4.74 Å².